The largest absolute Gasteiger partial charge is 0.493 e. The van der Waals surface area contributed by atoms with Crippen molar-refractivity contribution in [2.75, 3.05) is 26.3 Å². The summed E-state index contributed by atoms with van der Waals surface area (Å²) in [5.41, 5.74) is 0.555. The summed E-state index contributed by atoms with van der Waals surface area (Å²) in [5.74, 6) is 1.46. The molecule has 2 aliphatic rings. The van der Waals surface area contributed by atoms with Crippen LogP contribution in [-0.2, 0) is 4.74 Å². The van der Waals surface area contributed by atoms with Gasteiger partial charge >= 0.3 is 0 Å². The van der Waals surface area contributed by atoms with Gasteiger partial charge in [-0.2, -0.15) is 0 Å². The molecule has 0 aromatic heterocycles. The molecule has 4 nitrogen and oxygen atoms in total. The van der Waals surface area contributed by atoms with Crippen molar-refractivity contribution in [3.05, 3.63) is 29.8 Å². The molecule has 1 fully saturated rings. The zero-order valence-electron chi connectivity index (χ0n) is 12.0. The van der Waals surface area contributed by atoms with Crippen LogP contribution in [0.1, 0.15) is 31.2 Å². The fraction of sp³-hybridized carbons (Fsp3) is 0.625. The van der Waals surface area contributed by atoms with E-state index in [0.29, 0.717) is 25.5 Å². The summed E-state index contributed by atoms with van der Waals surface area (Å²) in [6.45, 7) is 4.83. The monoisotopic (exact) mass is 277 g/mol. The predicted octanol–water partition coefficient (Wildman–Crippen LogP) is 1.68. The van der Waals surface area contributed by atoms with E-state index in [1.165, 1.54) is 5.56 Å². The molecule has 2 aliphatic heterocycles. The van der Waals surface area contributed by atoms with Crippen LogP contribution in [0.3, 0.4) is 0 Å². The number of hydrogen-bond donors (Lipinski definition) is 2. The number of nitrogens with one attached hydrogen (secondary N) is 1. The number of aliphatic hydroxyl groups is 1. The minimum Gasteiger partial charge on any atom is -0.493 e. The minimum absolute atomic E-state index is 0.0861. The van der Waals surface area contributed by atoms with Crippen LogP contribution in [0, 0.1) is 0 Å². The third-order valence-corrected chi connectivity index (χ3v) is 4.56. The first-order chi connectivity index (χ1) is 9.69. The Morgan fingerprint density at radius 3 is 3.00 bits per heavy atom. The van der Waals surface area contributed by atoms with E-state index in [2.05, 4.69) is 17.4 Å². The molecule has 3 atom stereocenters. The quantitative estimate of drug-likeness (QED) is 0.879. The summed E-state index contributed by atoms with van der Waals surface area (Å²) in [6, 6.07) is 8.23. The summed E-state index contributed by atoms with van der Waals surface area (Å²) in [6.07, 6.45) is 1.65. The van der Waals surface area contributed by atoms with Crippen LogP contribution in [0.25, 0.3) is 0 Å². The molecular weight excluding hydrogens is 254 g/mol. The van der Waals surface area contributed by atoms with Crippen molar-refractivity contribution >= 4 is 0 Å². The average Bonchev–Trinajstić information content (AvgIpc) is 2.79. The molecule has 1 saturated heterocycles. The zero-order chi connectivity index (χ0) is 14.0. The second kappa shape index (κ2) is 5.72. The first kappa shape index (κ1) is 13.9. The molecule has 20 heavy (non-hydrogen) atoms. The Morgan fingerprint density at radius 1 is 1.35 bits per heavy atom. The van der Waals surface area contributed by atoms with Gasteiger partial charge in [-0.25, -0.2) is 0 Å². The van der Waals surface area contributed by atoms with Crippen molar-refractivity contribution in [2.24, 2.45) is 0 Å². The molecule has 0 bridgehead atoms. The smallest absolute Gasteiger partial charge is 0.122 e. The number of benzene rings is 1. The lowest BCUT2D eigenvalue weighted by Crippen LogP contribution is -2.46. The second-order valence-corrected chi connectivity index (χ2v) is 5.87. The highest BCUT2D eigenvalue weighted by Crippen LogP contribution is 2.33. The summed E-state index contributed by atoms with van der Waals surface area (Å²) >= 11 is 0. The van der Waals surface area contributed by atoms with Gasteiger partial charge in [0, 0.05) is 32.0 Å². The highest BCUT2D eigenvalue weighted by atomic mass is 16.5. The van der Waals surface area contributed by atoms with Gasteiger partial charge in [0.1, 0.15) is 11.4 Å². The van der Waals surface area contributed by atoms with Gasteiger partial charge < -0.3 is 19.9 Å². The van der Waals surface area contributed by atoms with Gasteiger partial charge in [-0.15, -0.1) is 0 Å². The molecule has 2 heterocycles. The van der Waals surface area contributed by atoms with Crippen molar-refractivity contribution in [2.45, 2.75) is 37.4 Å². The van der Waals surface area contributed by atoms with Crippen molar-refractivity contribution in [1.82, 2.24) is 5.32 Å². The number of ether oxygens (including phenoxy) is 2. The van der Waals surface area contributed by atoms with E-state index < -0.39 is 5.60 Å². The van der Waals surface area contributed by atoms with Crippen LogP contribution in [0.5, 0.6) is 5.75 Å². The third kappa shape index (κ3) is 2.68. The molecule has 4 heteroatoms. The SMILES string of the molecule is CC1OCCC1(O)CNCC1CCOc2ccccc21. The molecule has 1 aromatic rings. The molecule has 3 unspecified atom stereocenters. The van der Waals surface area contributed by atoms with Gasteiger partial charge in [0.15, 0.2) is 0 Å². The fourth-order valence-corrected chi connectivity index (χ4v) is 3.09. The van der Waals surface area contributed by atoms with Gasteiger partial charge in [0.05, 0.1) is 12.7 Å². The Hall–Kier alpha value is -1.10. The molecule has 3 rings (SSSR count). The zero-order valence-corrected chi connectivity index (χ0v) is 12.0. The first-order valence-electron chi connectivity index (χ1n) is 7.45. The summed E-state index contributed by atoms with van der Waals surface area (Å²) in [7, 11) is 0. The standard InChI is InChI=1S/C16H23NO3/c1-12-16(18,7-9-19-12)11-17-10-13-6-8-20-15-5-3-2-4-14(13)15/h2-5,12-13,17-18H,6-11H2,1H3. The Bertz CT molecular complexity index is 465. The van der Waals surface area contributed by atoms with Gasteiger partial charge in [-0.1, -0.05) is 18.2 Å². The third-order valence-electron chi connectivity index (χ3n) is 4.56. The lowest BCUT2D eigenvalue weighted by Gasteiger charge is -2.29. The molecule has 2 N–H and O–H groups in total. The Labute approximate surface area is 120 Å². The van der Waals surface area contributed by atoms with Crippen molar-refractivity contribution in [3.63, 3.8) is 0 Å². The van der Waals surface area contributed by atoms with E-state index in [4.69, 9.17) is 9.47 Å². The van der Waals surface area contributed by atoms with Crippen molar-refractivity contribution < 1.29 is 14.6 Å². The normalized spacial score (nSPS) is 32.7. The van der Waals surface area contributed by atoms with Crippen LogP contribution >= 0.6 is 0 Å². The number of rotatable bonds is 4. The Kier molecular flexibility index (Phi) is 3.96. The van der Waals surface area contributed by atoms with E-state index in [-0.39, 0.29) is 6.10 Å². The number of para-hydroxylation sites is 1. The highest BCUT2D eigenvalue weighted by molar-refractivity contribution is 5.37. The van der Waals surface area contributed by atoms with Gasteiger partial charge in [-0.05, 0) is 25.0 Å². The van der Waals surface area contributed by atoms with Crippen LogP contribution in [-0.4, -0.2) is 43.1 Å². The van der Waals surface area contributed by atoms with Crippen molar-refractivity contribution in [3.8, 4) is 5.75 Å². The predicted molar refractivity (Wildman–Crippen MR) is 77.1 cm³/mol. The van der Waals surface area contributed by atoms with Crippen LogP contribution < -0.4 is 10.1 Å². The minimum atomic E-state index is -0.718. The van der Waals surface area contributed by atoms with Crippen LogP contribution in [0.4, 0.5) is 0 Å². The topological polar surface area (TPSA) is 50.7 Å². The molecule has 0 radical (unpaired) electrons. The van der Waals surface area contributed by atoms with Gasteiger partial charge in [0.2, 0.25) is 0 Å². The first-order valence-corrected chi connectivity index (χ1v) is 7.45. The summed E-state index contributed by atoms with van der Waals surface area (Å²) in [4.78, 5) is 0. The van der Waals surface area contributed by atoms with Crippen LogP contribution in [0.15, 0.2) is 24.3 Å². The van der Waals surface area contributed by atoms with Gasteiger partial charge in [0.25, 0.3) is 0 Å². The van der Waals surface area contributed by atoms with E-state index in [9.17, 15) is 5.11 Å². The van der Waals surface area contributed by atoms with E-state index >= 15 is 0 Å². The Morgan fingerprint density at radius 2 is 2.20 bits per heavy atom. The lowest BCUT2D eigenvalue weighted by molar-refractivity contribution is -0.0262. The molecule has 0 aliphatic carbocycles. The number of hydrogen-bond acceptors (Lipinski definition) is 4. The summed E-state index contributed by atoms with van der Waals surface area (Å²) in [5, 5.41) is 13.9. The molecule has 1 aromatic carbocycles. The lowest BCUT2D eigenvalue weighted by atomic mass is 9.92. The highest BCUT2D eigenvalue weighted by Gasteiger charge is 2.39. The molecule has 0 amide bonds. The molecule has 110 valence electrons. The maximum absolute atomic E-state index is 10.5. The maximum atomic E-state index is 10.5. The van der Waals surface area contributed by atoms with Gasteiger partial charge in [-0.3, -0.25) is 0 Å². The van der Waals surface area contributed by atoms with Crippen LogP contribution in [0.2, 0.25) is 0 Å². The molecular formula is C16H23NO3. The molecule has 0 saturated carbocycles. The number of fused-ring (bicyclic) bond motifs is 1. The maximum Gasteiger partial charge on any atom is 0.122 e. The van der Waals surface area contributed by atoms with E-state index in [1.54, 1.807) is 0 Å². The van der Waals surface area contributed by atoms with E-state index in [0.717, 1.165) is 25.3 Å². The van der Waals surface area contributed by atoms with E-state index in [1.807, 2.05) is 19.1 Å². The van der Waals surface area contributed by atoms with Crippen molar-refractivity contribution in [1.29, 1.82) is 0 Å². The molecule has 0 spiro atoms. The second-order valence-electron chi connectivity index (χ2n) is 5.87. The summed E-state index contributed by atoms with van der Waals surface area (Å²) < 4.78 is 11.1. The Balaban J connectivity index is 1.57. The fourth-order valence-electron chi connectivity index (χ4n) is 3.09. The average molecular weight is 277 g/mol.